The number of rotatable bonds is 3. The molecule has 0 atom stereocenters. The third kappa shape index (κ3) is 3.24. The summed E-state index contributed by atoms with van der Waals surface area (Å²) in [7, 11) is 2.16. The molecule has 28 heavy (non-hydrogen) atoms. The first kappa shape index (κ1) is 19.1. The highest BCUT2D eigenvalue weighted by Gasteiger charge is 2.46. The van der Waals surface area contributed by atoms with Gasteiger partial charge in [0.1, 0.15) is 11.6 Å². The van der Waals surface area contributed by atoms with Crippen molar-refractivity contribution in [2.24, 2.45) is 5.92 Å². The Hall–Kier alpha value is -2.21. The maximum Gasteiger partial charge on any atom is 0.222 e. The summed E-state index contributed by atoms with van der Waals surface area (Å²) in [6, 6.07) is 6.72. The Morgan fingerprint density at radius 1 is 1.21 bits per heavy atom. The van der Waals surface area contributed by atoms with Crippen molar-refractivity contribution in [3.63, 3.8) is 0 Å². The lowest BCUT2D eigenvalue weighted by Gasteiger charge is -2.49. The van der Waals surface area contributed by atoms with Crippen molar-refractivity contribution in [3.8, 4) is 11.3 Å². The van der Waals surface area contributed by atoms with Crippen LogP contribution in [-0.2, 0) is 16.9 Å². The number of carbonyl (C=O) groups excluding carboxylic acids is 1. The number of hydrogen-bond acceptors (Lipinski definition) is 3. The number of nitrogens with zero attached hydrogens (tertiary/aromatic N) is 4. The van der Waals surface area contributed by atoms with Crippen molar-refractivity contribution in [2.45, 2.75) is 45.2 Å². The molecule has 1 spiro atoms. The van der Waals surface area contributed by atoms with Gasteiger partial charge in [-0.15, -0.1) is 0 Å². The average Bonchev–Trinajstić information content (AvgIpc) is 3.10. The normalized spacial score (nSPS) is 19.2. The van der Waals surface area contributed by atoms with E-state index in [1.54, 1.807) is 12.1 Å². The minimum absolute atomic E-state index is 0.154. The zero-order chi connectivity index (χ0) is 19.9. The number of carbonyl (C=O) groups is 1. The van der Waals surface area contributed by atoms with Crippen LogP contribution in [0.2, 0.25) is 0 Å². The fourth-order valence-electron chi connectivity index (χ4n) is 4.70. The number of halogens is 1. The second-order valence-electron chi connectivity index (χ2n) is 8.56. The predicted molar refractivity (Wildman–Crippen MR) is 107 cm³/mol. The van der Waals surface area contributed by atoms with Crippen molar-refractivity contribution in [3.05, 3.63) is 42.1 Å². The zero-order valence-electron chi connectivity index (χ0n) is 17.0. The summed E-state index contributed by atoms with van der Waals surface area (Å²) >= 11 is 0. The van der Waals surface area contributed by atoms with Gasteiger partial charge in [0.25, 0.3) is 0 Å². The van der Waals surface area contributed by atoms with Crippen molar-refractivity contribution < 1.29 is 9.18 Å². The molecule has 1 fully saturated rings. The molecule has 0 aliphatic carbocycles. The molecular weight excluding hydrogens is 355 g/mol. The number of likely N-dealkylation sites (N-methyl/N-ethyl adjacent to an activating group) is 1. The predicted octanol–water partition coefficient (Wildman–Crippen LogP) is 3.50. The standard InChI is InChI=1S/C22H29FN4O/c1-16(2)13-20(28)26-9-7-22(8-10-26)21-24-15-19(27(21)12-11-25(22)3)17-5-4-6-18(23)14-17/h4-6,14-16H,7-13H2,1-3H3. The first-order valence-electron chi connectivity index (χ1n) is 10.2. The Balaban J connectivity index is 1.62. The summed E-state index contributed by atoms with van der Waals surface area (Å²) in [6.45, 7) is 7.46. The van der Waals surface area contributed by atoms with Crippen LogP contribution in [0.5, 0.6) is 0 Å². The lowest BCUT2D eigenvalue weighted by molar-refractivity contribution is -0.135. The van der Waals surface area contributed by atoms with E-state index in [0.717, 1.165) is 56.1 Å². The number of likely N-dealkylation sites (tertiary alicyclic amines) is 1. The highest BCUT2D eigenvalue weighted by molar-refractivity contribution is 5.76. The molecule has 0 unspecified atom stereocenters. The van der Waals surface area contributed by atoms with E-state index in [1.165, 1.54) is 6.07 Å². The Kier molecular flexibility index (Phi) is 5.00. The van der Waals surface area contributed by atoms with Crippen molar-refractivity contribution in [2.75, 3.05) is 26.7 Å². The Morgan fingerprint density at radius 2 is 1.96 bits per heavy atom. The van der Waals surface area contributed by atoms with E-state index in [1.807, 2.05) is 17.2 Å². The van der Waals surface area contributed by atoms with Crippen LogP contribution in [0, 0.1) is 11.7 Å². The second kappa shape index (κ2) is 7.32. The van der Waals surface area contributed by atoms with Gasteiger partial charge in [0.15, 0.2) is 0 Å². The van der Waals surface area contributed by atoms with Gasteiger partial charge < -0.3 is 9.47 Å². The lowest BCUT2D eigenvalue weighted by Crippen LogP contribution is -2.57. The van der Waals surface area contributed by atoms with Crippen molar-refractivity contribution in [1.82, 2.24) is 19.4 Å². The summed E-state index contributed by atoms with van der Waals surface area (Å²) < 4.78 is 16.0. The minimum atomic E-state index is -0.229. The van der Waals surface area contributed by atoms with Gasteiger partial charge in [-0.3, -0.25) is 9.69 Å². The number of benzene rings is 1. The summed E-state index contributed by atoms with van der Waals surface area (Å²) in [5, 5.41) is 0. The molecule has 150 valence electrons. The number of aromatic nitrogens is 2. The van der Waals surface area contributed by atoms with Gasteiger partial charge in [-0.1, -0.05) is 26.0 Å². The Bertz CT molecular complexity index is 867. The molecule has 4 rings (SSSR count). The van der Waals surface area contributed by atoms with Gasteiger partial charge in [-0.2, -0.15) is 0 Å². The second-order valence-corrected chi connectivity index (χ2v) is 8.56. The maximum atomic E-state index is 13.7. The van der Waals surface area contributed by atoms with E-state index >= 15 is 0 Å². The molecule has 5 nitrogen and oxygen atoms in total. The molecule has 0 radical (unpaired) electrons. The highest BCUT2D eigenvalue weighted by atomic mass is 19.1. The molecule has 3 heterocycles. The van der Waals surface area contributed by atoms with E-state index in [9.17, 15) is 9.18 Å². The van der Waals surface area contributed by atoms with Gasteiger partial charge in [-0.05, 0) is 37.9 Å². The molecule has 6 heteroatoms. The van der Waals surface area contributed by atoms with Crippen LogP contribution in [0.3, 0.4) is 0 Å². The molecule has 0 bridgehead atoms. The van der Waals surface area contributed by atoms with Crippen LogP contribution in [-0.4, -0.2) is 51.9 Å². The zero-order valence-corrected chi connectivity index (χ0v) is 17.0. The van der Waals surface area contributed by atoms with E-state index in [2.05, 4.69) is 30.4 Å². The molecule has 2 aliphatic heterocycles. The van der Waals surface area contributed by atoms with Crippen LogP contribution in [0.1, 0.15) is 38.9 Å². The number of fused-ring (bicyclic) bond motifs is 2. The first-order chi connectivity index (χ1) is 13.4. The van der Waals surface area contributed by atoms with Gasteiger partial charge in [0.05, 0.1) is 17.4 Å². The summed E-state index contributed by atoms with van der Waals surface area (Å²) in [5.74, 6) is 1.46. The fraction of sp³-hybridized carbons (Fsp3) is 0.545. The van der Waals surface area contributed by atoms with Crippen LogP contribution >= 0.6 is 0 Å². The van der Waals surface area contributed by atoms with E-state index in [4.69, 9.17) is 4.98 Å². The summed E-state index contributed by atoms with van der Waals surface area (Å²) in [4.78, 5) is 21.7. The van der Waals surface area contributed by atoms with Crippen LogP contribution < -0.4 is 0 Å². The number of piperidine rings is 1. The molecule has 1 amide bonds. The molecule has 1 aromatic carbocycles. The molecule has 2 aliphatic rings. The largest absolute Gasteiger partial charge is 0.343 e. The summed E-state index contributed by atoms with van der Waals surface area (Å²) in [5.41, 5.74) is 1.68. The van der Waals surface area contributed by atoms with Gasteiger partial charge in [-0.25, -0.2) is 9.37 Å². The number of hydrogen-bond donors (Lipinski definition) is 0. The topological polar surface area (TPSA) is 41.4 Å². The van der Waals surface area contributed by atoms with Crippen LogP contribution in [0.25, 0.3) is 11.3 Å². The Morgan fingerprint density at radius 3 is 2.64 bits per heavy atom. The van der Waals surface area contributed by atoms with Crippen molar-refractivity contribution in [1.29, 1.82) is 0 Å². The molecular formula is C22H29FN4O. The number of amides is 1. The van der Waals surface area contributed by atoms with Gasteiger partial charge in [0.2, 0.25) is 5.91 Å². The molecule has 1 saturated heterocycles. The van der Waals surface area contributed by atoms with Gasteiger partial charge >= 0.3 is 0 Å². The number of imidazole rings is 1. The quantitative estimate of drug-likeness (QED) is 0.813. The van der Waals surface area contributed by atoms with E-state index < -0.39 is 0 Å². The smallest absolute Gasteiger partial charge is 0.222 e. The van der Waals surface area contributed by atoms with E-state index in [0.29, 0.717) is 12.3 Å². The van der Waals surface area contributed by atoms with E-state index in [-0.39, 0.29) is 17.3 Å². The average molecular weight is 384 g/mol. The van der Waals surface area contributed by atoms with Crippen LogP contribution in [0.4, 0.5) is 4.39 Å². The third-order valence-corrected chi connectivity index (χ3v) is 6.31. The molecule has 1 aromatic heterocycles. The highest BCUT2D eigenvalue weighted by Crippen LogP contribution is 2.41. The maximum absolute atomic E-state index is 13.7. The monoisotopic (exact) mass is 384 g/mol. The third-order valence-electron chi connectivity index (χ3n) is 6.31. The van der Waals surface area contributed by atoms with Crippen LogP contribution in [0.15, 0.2) is 30.5 Å². The van der Waals surface area contributed by atoms with Crippen molar-refractivity contribution >= 4 is 5.91 Å². The fourth-order valence-corrected chi connectivity index (χ4v) is 4.70. The first-order valence-corrected chi connectivity index (χ1v) is 10.2. The summed E-state index contributed by atoms with van der Waals surface area (Å²) in [6.07, 6.45) is 4.25. The molecule has 0 saturated carbocycles. The minimum Gasteiger partial charge on any atom is -0.343 e. The Labute approximate surface area is 166 Å². The lowest BCUT2D eigenvalue weighted by atomic mass is 9.83. The SMILES string of the molecule is CC(C)CC(=O)N1CCC2(CC1)c1ncc(-c3cccc(F)c3)n1CCN2C. The molecule has 0 N–H and O–H groups in total. The van der Waals surface area contributed by atoms with Gasteiger partial charge in [0, 0.05) is 38.2 Å². The molecule has 2 aromatic rings.